The number of amidine groups is 1. The van der Waals surface area contributed by atoms with Crippen molar-refractivity contribution in [1.82, 2.24) is 4.90 Å². The molecule has 26 heavy (non-hydrogen) atoms. The topological polar surface area (TPSA) is 60.4 Å². The Balaban J connectivity index is 1.70. The zero-order chi connectivity index (χ0) is 18.4. The van der Waals surface area contributed by atoms with E-state index >= 15 is 0 Å². The number of amides is 1. The van der Waals surface area contributed by atoms with Crippen molar-refractivity contribution in [1.29, 1.82) is 0 Å². The van der Waals surface area contributed by atoms with Crippen LogP contribution in [0.4, 0.5) is 0 Å². The Morgan fingerprint density at radius 3 is 2.85 bits per heavy atom. The van der Waals surface area contributed by atoms with E-state index in [-0.39, 0.29) is 5.91 Å². The van der Waals surface area contributed by atoms with Crippen LogP contribution in [-0.2, 0) is 9.53 Å². The highest BCUT2D eigenvalue weighted by atomic mass is 32.2. The van der Waals surface area contributed by atoms with E-state index in [0.29, 0.717) is 30.5 Å². The molecule has 0 bridgehead atoms. The Morgan fingerprint density at radius 2 is 2.12 bits per heavy atom. The first-order chi connectivity index (χ1) is 12.7. The second-order valence-corrected chi connectivity index (χ2v) is 7.03. The first-order valence-electron chi connectivity index (χ1n) is 8.87. The predicted molar refractivity (Wildman–Crippen MR) is 104 cm³/mol. The zero-order valence-electron chi connectivity index (χ0n) is 15.2. The van der Waals surface area contributed by atoms with Gasteiger partial charge in [-0.1, -0.05) is 19.4 Å². The van der Waals surface area contributed by atoms with E-state index in [1.807, 2.05) is 24.3 Å². The van der Waals surface area contributed by atoms with Gasteiger partial charge in [0.1, 0.15) is 0 Å². The second-order valence-electron chi connectivity index (χ2n) is 6.02. The van der Waals surface area contributed by atoms with E-state index in [1.54, 1.807) is 7.11 Å². The number of aliphatic imine (C=N–C) groups is 1. The van der Waals surface area contributed by atoms with Crippen LogP contribution in [0.3, 0.4) is 0 Å². The summed E-state index contributed by atoms with van der Waals surface area (Å²) in [6.07, 6.45) is 3.93. The van der Waals surface area contributed by atoms with Crippen LogP contribution in [-0.4, -0.2) is 56.0 Å². The number of morpholine rings is 1. The van der Waals surface area contributed by atoms with Gasteiger partial charge < -0.3 is 19.1 Å². The largest absolute Gasteiger partial charge is 0.493 e. The monoisotopic (exact) mass is 376 g/mol. The molecule has 0 aliphatic carbocycles. The highest BCUT2D eigenvalue weighted by molar-refractivity contribution is 8.18. The highest BCUT2D eigenvalue weighted by Crippen LogP contribution is 2.33. The first-order valence-corrected chi connectivity index (χ1v) is 9.69. The van der Waals surface area contributed by atoms with Crippen LogP contribution in [0.25, 0.3) is 6.08 Å². The Hall–Kier alpha value is -1.99. The molecule has 1 saturated heterocycles. The molecule has 140 valence electrons. The summed E-state index contributed by atoms with van der Waals surface area (Å²) in [6.45, 7) is 5.67. The molecule has 2 aliphatic heterocycles. The number of nitrogens with zero attached hydrogens (tertiary/aromatic N) is 2. The van der Waals surface area contributed by atoms with E-state index in [2.05, 4.69) is 16.8 Å². The van der Waals surface area contributed by atoms with Gasteiger partial charge in [0.05, 0.1) is 31.8 Å². The van der Waals surface area contributed by atoms with Crippen LogP contribution in [0.1, 0.15) is 25.3 Å². The number of carbonyl (C=O) groups excluding carboxylic acids is 1. The number of hydrogen-bond donors (Lipinski definition) is 0. The molecular weight excluding hydrogens is 352 g/mol. The highest BCUT2D eigenvalue weighted by Gasteiger charge is 2.27. The number of ether oxygens (including phenoxy) is 3. The minimum absolute atomic E-state index is 0.196. The lowest BCUT2D eigenvalue weighted by Crippen LogP contribution is -2.38. The van der Waals surface area contributed by atoms with E-state index in [1.165, 1.54) is 11.8 Å². The maximum absolute atomic E-state index is 12.2. The summed E-state index contributed by atoms with van der Waals surface area (Å²) < 4.78 is 16.5. The number of thioether (sulfide) groups is 1. The summed E-state index contributed by atoms with van der Waals surface area (Å²) >= 11 is 1.41. The molecule has 1 aromatic carbocycles. The van der Waals surface area contributed by atoms with Crippen LogP contribution in [0.5, 0.6) is 11.5 Å². The summed E-state index contributed by atoms with van der Waals surface area (Å²) in [5.74, 6) is 1.19. The lowest BCUT2D eigenvalue weighted by atomic mass is 10.2. The summed E-state index contributed by atoms with van der Waals surface area (Å²) in [5.41, 5.74) is 0.888. The average Bonchev–Trinajstić information content (AvgIpc) is 3.04. The van der Waals surface area contributed by atoms with E-state index in [9.17, 15) is 4.79 Å². The normalized spacial score (nSPS) is 19.0. The van der Waals surface area contributed by atoms with Gasteiger partial charge in [0, 0.05) is 13.1 Å². The second kappa shape index (κ2) is 9.09. The van der Waals surface area contributed by atoms with Crippen molar-refractivity contribution in [3.63, 3.8) is 0 Å². The van der Waals surface area contributed by atoms with Gasteiger partial charge in [-0.2, -0.15) is 4.99 Å². The lowest BCUT2D eigenvalue weighted by Gasteiger charge is -2.27. The number of unbranched alkanes of at least 4 members (excludes halogenated alkanes) is 1. The molecule has 0 radical (unpaired) electrons. The van der Waals surface area contributed by atoms with Gasteiger partial charge in [0.25, 0.3) is 5.91 Å². The summed E-state index contributed by atoms with van der Waals surface area (Å²) in [4.78, 5) is 19.1. The van der Waals surface area contributed by atoms with Gasteiger partial charge in [-0.05, 0) is 42.0 Å². The van der Waals surface area contributed by atoms with E-state index in [0.717, 1.165) is 42.4 Å². The molecule has 2 aliphatic rings. The van der Waals surface area contributed by atoms with Crippen molar-refractivity contribution >= 4 is 28.9 Å². The fourth-order valence-corrected chi connectivity index (χ4v) is 3.62. The number of benzene rings is 1. The molecule has 1 aromatic rings. The standard InChI is InChI=1S/C19H24N2O4S/c1-3-4-9-25-15-6-5-14(12-16(15)23-2)13-17-18(22)20-19(26-17)21-7-10-24-11-8-21/h5-6,12-13H,3-4,7-11H2,1-2H3/b17-13+. The number of hydrogen-bond acceptors (Lipinski definition) is 6. The van der Waals surface area contributed by atoms with Crippen molar-refractivity contribution in [3.8, 4) is 11.5 Å². The minimum Gasteiger partial charge on any atom is -0.493 e. The van der Waals surface area contributed by atoms with Crippen LogP contribution in [0.15, 0.2) is 28.1 Å². The summed E-state index contributed by atoms with van der Waals surface area (Å²) in [6, 6.07) is 5.70. The van der Waals surface area contributed by atoms with Gasteiger partial charge in [-0.15, -0.1) is 0 Å². The minimum atomic E-state index is -0.196. The van der Waals surface area contributed by atoms with E-state index in [4.69, 9.17) is 14.2 Å². The van der Waals surface area contributed by atoms with Crippen LogP contribution < -0.4 is 9.47 Å². The van der Waals surface area contributed by atoms with Crippen LogP contribution in [0, 0.1) is 0 Å². The van der Waals surface area contributed by atoms with Crippen LogP contribution >= 0.6 is 11.8 Å². The maximum Gasteiger partial charge on any atom is 0.286 e. The van der Waals surface area contributed by atoms with Gasteiger partial charge in [-0.3, -0.25) is 4.79 Å². The molecule has 1 amide bonds. The summed E-state index contributed by atoms with van der Waals surface area (Å²) in [7, 11) is 1.62. The van der Waals surface area contributed by atoms with Gasteiger partial charge in [0.2, 0.25) is 0 Å². The smallest absolute Gasteiger partial charge is 0.286 e. The lowest BCUT2D eigenvalue weighted by molar-refractivity contribution is -0.113. The SMILES string of the molecule is CCCCOc1ccc(/C=C2/SC(N3CCOCC3)=NC2=O)cc1OC. The molecule has 3 rings (SSSR count). The third-order valence-corrected chi connectivity index (χ3v) is 5.18. The maximum atomic E-state index is 12.2. The molecular formula is C19H24N2O4S. The number of methoxy groups -OCH3 is 1. The molecule has 6 nitrogen and oxygen atoms in total. The Bertz CT molecular complexity index is 711. The predicted octanol–water partition coefficient (Wildman–Crippen LogP) is 3.18. The van der Waals surface area contributed by atoms with Crippen LogP contribution in [0.2, 0.25) is 0 Å². The van der Waals surface area contributed by atoms with Crippen molar-refractivity contribution < 1.29 is 19.0 Å². The Kier molecular flexibility index (Phi) is 6.57. The molecule has 0 spiro atoms. The molecule has 0 atom stereocenters. The van der Waals surface area contributed by atoms with Crippen molar-refractivity contribution in [2.45, 2.75) is 19.8 Å². The first kappa shape index (κ1) is 18.8. The van der Waals surface area contributed by atoms with E-state index < -0.39 is 0 Å². The zero-order valence-corrected chi connectivity index (χ0v) is 16.0. The average molecular weight is 376 g/mol. The molecule has 2 heterocycles. The molecule has 0 aromatic heterocycles. The van der Waals surface area contributed by atoms with Gasteiger partial charge in [0.15, 0.2) is 16.7 Å². The third kappa shape index (κ3) is 4.59. The van der Waals surface area contributed by atoms with Crippen molar-refractivity contribution in [2.24, 2.45) is 4.99 Å². The van der Waals surface area contributed by atoms with Crippen molar-refractivity contribution in [3.05, 3.63) is 28.7 Å². The van der Waals surface area contributed by atoms with Gasteiger partial charge >= 0.3 is 0 Å². The Morgan fingerprint density at radius 1 is 1.31 bits per heavy atom. The quantitative estimate of drug-likeness (QED) is 0.561. The number of rotatable bonds is 6. The fourth-order valence-electron chi connectivity index (χ4n) is 2.66. The number of carbonyl (C=O) groups is 1. The van der Waals surface area contributed by atoms with Crippen molar-refractivity contribution in [2.75, 3.05) is 40.0 Å². The fraction of sp³-hybridized carbons (Fsp3) is 0.474. The van der Waals surface area contributed by atoms with Gasteiger partial charge in [-0.25, -0.2) is 0 Å². The molecule has 7 heteroatoms. The Labute approximate surface area is 158 Å². The summed E-state index contributed by atoms with van der Waals surface area (Å²) in [5, 5.41) is 0.760. The molecule has 0 unspecified atom stereocenters. The molecule has 1 fully saturated rings. The molecule has 0 N–H and O–H groups in total. The molecule has 0 saturated carbocycles. The third-order valence-electron chi connectivity index (χ3n) is 4.13.